The maximum absolute atomic E-state index is 5.09. The SMILES string of the molecule is CNC([S-])=NN=C(C(=NN=C([S-])NC)c1ccc(I)cc1)c1ccccc1.[Cu+2]. The van der Waals surface area contributed by atoms with Crippen molar-refractivity contribution in [2.45, 2.75) is 0 Å². The van der Waals surface area contributed by atoms with Crippen molar-refractivity contribution in [1.82, 2.24) is 10.6 Å². The summed E-state index contributed by atoms with van der Waals surface area (Å²) >= 11 is 12.4. The molecule has 0 saturated heterocycles. The molecule has 0 atom stereocenters. The van der Waals surface area contributed by atoms with Crippen molar-refractivity contribution in [3.63, 3.8) is 0 Å². The van der Waals surface area contributed by atoms with Crippen LogP contribution in [0.15, 0.2) is 75.0 Å². The summed E-state index contributed by atoms with van der Waals surface area (Å²) in [6.07, 6.45) is 0. The number of nitrogens with zero attached hydrogens (tertiary/aromatic N) is 4. The van der Waals surface area contributed by atoms with Gasteiger partial charge in [0.25, 0.3) is 0 Å². The zero-order chi connectivity index (χ0) is 19.6. The predicted octanol–water partition coefficient (Wildman–Crippen LogP) is 2.64. The second-order valence-corrected chi connectivity index (χ2v) is 7.10. The summed E-state index contributed by atoms with van der Waals surface area (Å²) in [6.45, 7) is 0. The zero-order valence-electron chi connectivity index (χ0n) is 15.0. The molecular weight excluding hydrogens is 555 g/mol. The molecule has 0 aliphatic carbocycles. The quantitative estimate of drug-likeness (QED) is 0.145. The Morgan fingerprint density at radius 2 is 1.14 bits per heavy atom. The van der Waals surface area contributed by atoms with Crippen molar-refractivity contribution in [1.29, 1.82) is 0 Å². The van der Waals surface area contributed by atoms with E-state index >= 15 is 0 Å². The van der Waals surface area contributed by atoms with Gasteiger partial charge in [0.05, 0.1) is 0 Å². The van der Waals surface area contributed by atoms with Gasteiger partial charge in [0.15, 0.2) is 0 Å². The first-order valence-corrected chi connectivity index (χ1v) is 9.77. The molecule has 2 rings (SSSR count). The Morgan fingerprint density at radius 3 is 1.57 bits per heavy atom. The van der Waals surface area contributed by atoms with Gasteiger partial charge in [-0.3, -0.25) is 0 Å². The minimum Gasteiger partial charge on any atom is -0.741 e. The molecule has 149 valence electrons. The molecule has 0 unspecified atom stereocenters. The van der Waals surface area contributed by atoms with Gasteiger partial charge >= 0.3 is 17.1 Å². The van der Waals surface area contributed by atoms with E-state index in [1.807, 2.05) is 54.6 Å². The molecule has 1 radical (unpaired) electrons. The van der Waals surface area contributed by atoms with E-state index < -0.39 is 0 Å². The van der Waals surface area contributed by atoms with Crippen LogP contribution in [0.25, 0.3) is 0 Å². The van der Waals surface area contributed by atoms with Gasteiger partial charge in [-0.25, -0.2) is 0 Å². The summed E-state index contributed by atoms with van der Waals surface area (Å²) in [5, 5.41) is 22.9. The van der Waals surface area contributed by atoms with E-state index in [1.165, 1.54) is 0 Å². The first-order valence-electron chi connectivity index (χ1n) is 7.87. The van der Waals surface area contributed by atoms with Crippen molar-refractivity contribution in [3.05, 3.63) is 69.3 Å². The van der Waals surface area contributed by atoms with Crippen LogP contribution < -0.4 is 10.6 Å². The summed E-state index contributed by atoms with van der Waals surface area (Å²) < 4.78 is 1.11. The largest absolute Gasteiger partial charge is 2.00 e. The van der Waals surface area contributed by atoms with Crippen LogP contribution in [0, 0.1) is 3.57 Å². The van der Waals surface area contributed by atoms with Crippen LogP contribution in [0.2, 0.25) is 0 Å². The molecule has 2 N–H and O–H groups in total. The Balaban J connectivity index is 0.00000392. The van der Waals surface area contributed by atoms with Crippen molar-refractivity contribution in [2.75, 3.05) is 14.1 Å². The number of hydrogen-bond donors (Lipinski definition) is 2. The van der Waals surface area contributed by atoms with Crippen molar-refractivity contribution >= 4 is 69.6 Å². The number of halogens is 1. The molecule has 0 fully saturated rings. The number of amidine groups is 2. The van der Waals surface area contributed by atoms with Crippen LogP contribution in [0.3, 0.4) is 0 Å². The third-order valence-electron chi connectivity index (χ3n) is 3.30. The average molecular weight is 572 g/mol. The number of rotatable bonds is 5. The van der Waals surface area contributed by atoms with E-state index in [9.17, 15) is 0 Å². The summed E-state index contributed by atoms with van der Waals surface area (Å²) in [4.78, 5) is 0. The molecule has 6 nitrogen and oxygen atoms in total. The number of hydrogen-bond acceptors (Lipinski definition) is 6. The topological polar surface area (TPSA) is 73.5 Å². The van der Waals surface area contributed by atoms with Crippen LogP contribution in [0.5, 0.6) is 0 Å². The molecule has 0 aliphatic heterocycles. The maximum Gasteiger partial charge on any atom is 2.00 e. The molecule has 0 aliphatic rings. The van der Waals surface area contributed by atoms with Gasteiger partial charge in [-0.05, 0) is 45.1 Å². The Bertz CT molecular complexity index is 883. The van der Waals surface area contributed by atoms with Crippen molar-refractivity contribution < 1.29 is 17.1 Å². The fraction of sp³-hybridized carbons (Fsp3) is 0.111. The van der Waals surface area contributed by atoms with Crippen molar-refractivity contribution in [2.24, 2.45) is 20.4 Å². The van der Waals surface area contributed by atoms with Crippen LogP contribution in [-0.4, -0.2) is 35.9 Å². The fourth-order valence-corrected chi connectivity index (χ4v) is 2.42. The smallest absolute Gasteiger partial charge is 0.741 e. The van der Waals surface area contributed by atoms with E-state index in [4.69, 9.17) is 25.3 Å². The summed E-state index contributed by atoms with van der Waals surface area (Å²) in [6, 6.07) is 17.5. The van der Waals surface area contributed by atoms with E-state index in [-0.39, 0.29) is 27.4 Å². The first-order chi connectivity index (χ1) is 13.0. The predicted molar refractivity (Wildman–Crippen MR) is 126 cm³/mol. The third-order valence-corrected chi connectivity index (χ3v) is 4.59. The number of benzene rings is 2. The van der Waals surface area contributed by atoms with Crippen LogP contribution >= 0.6 is 22.6 Å². The van der Waals surface area contributed by atoms with Gasteiger partial charge in [0.1, 0.15) is 11.4 Å². The minimum absolute atomic E-state index is 0. The molecule has 0 amide bonds. The minimum atomic E-state index is 0. The van der Waals surface area contributed by atoms with Crippen molar-refractivity contribution in [3.8, 4) is 0 Å². The van der Waals surface area contributed by atoms with Gasteiger partial charge in [0, 0.05) is 28.8 Å². The number of nitrogens with one attached hydrogen (secondary N) is 2. The van der Waals surface area contributed by atoms with Gasteiger partial charge in [0.2, 0.25) is 0 Å². The Hall–Kier alpha value is -1.59. The zero-order valence-corrected chi connectivity index (χ0v) is 19.7. The van der Waals surface area contributed by atoms with Gasteiger partial charge in [-0.15, -0.1) is 10.2 Å². The monoisotopic (exact) mass is 571 g/mol. The molecule has 0 heterocycles. The van der Waals surface area contributed by atoms with Crippen LogP contribution in [0.1, 0.15) is 11.1 Å². The maximum atomic E-state index is 5.09. The van der Waals surface area contributed by atoms with E-state index in [1.54, 1.807) is 14.1 Å². The van der Waals surface area contributed by atoms with Gasteiger partial charge in [-0.1, -0.05) is 42.5 Å². The second-order valence-electron chi connectivity index (χ2n) is 5.08. The molecule has 0 saturated carbocycles. The van der Waals surface area contributed by atoms with E-state index in [2.05, 4.69) is 53.6 Å². The molecule has 10 heteroatoms. The van der Waals surface area contributed by atoms with Gasteiger partial charge < -0.3 is 35.9 Å². The fourth-order valence-electron chi connectivity index (χ4n) is 1.98. The molecule has 0 bridgehead atoms. The normalized spacial score (nSPS) is 13.0. The Morgan fingerprint density at radius 1 is 0.714 bits per heavy atom. The summed E-state index contributed by atoms with van der Waals surface area (Å²) in [5.74, 6) is 0. The molecule has 2 aromatic carbocycles. The molecule has 2 aromatic rings. The Labute approximate surface area is 199 Å². The average Bonchev–Trinajstić information content (AvgIpc) is 2.71. The first kappa shape index (κ1) is 24.4. The summed E-state index contributed by atoms with van der Waals surface area (Å²) in [7, 11) is 3.39. The molecule has 28 heavy (non-hydrogen) atoms. The third kappa shape index (κ3) is 7.44. The molecular formula is C18H17CuIN6S2. The van der Waals surface area contributed by atoms with Crippen LogP contribution in [-0.2, 0) is 42.3 Å². The van der Waals surface area contributed by atoms with E-state index in [0.29, 0.717) is 11.4 Å². The van der Waals surface area contributed by atoms with Crippen LogP contribution in [0.4, 0.5) is 0 Å². The molecule has 0 spiro atoms. The summed E-state index contributed by atoms with van der Waals surface area (Å²) in [5.41, 5.74) is 2.75. The standard InChI is InChI=1S/C18H19IN6S2.Cu/c1-20-17(26)24-22-15(12-6-4-3-5-7-12)16(23-25-18(27)21-2)13-8-10-14(19)11-9-13;/h3-11H,1-2H3,(H2,20,24,26)(H2,21,25,27);/q;+2/p-2. The van der Waals surface area contributed by atoms with Gasteiger partial charge in [-0.2, -0.15) is 10.2 Å². The second kappa shape index (κ2) is 12.8. The van der Waals surface area contributed by atoms with E-state index in [0.717, 1.165) is 14.7 Å². The molecule has 0 aromatic heterocycles. The Kier molecular flexibility index (Phi) is 11.2.